The van der Waals surface area contributed by atoms with Crippen molar-refractivity contribution in [3.8, 4) is 0 Å². The molecule has 6 aromatic rings. The predicted octanol–water partition coefficient (Wildman–Crippen LogP) is 7.57. The number of nitrogens with zero attached hydrogens (tertiary/aromatic N) is 2. The molecule has 3 nitrogen and oxygen atoms in total. The monoisotopic (exact) mass is 910 g/mol. The van der Waals surface area contributed by atoms with Gasteiger partial charge in [0.05, 0.1) is 6.20 Å². The summed E-state index contributed by atoms with van der Waals surface area (Å²) in [5.74, 6) is -71.4. The molecule has 1 heterocycles. The van der Waals surface area contributed by atoms with Crippen molar-refractivity contribution in [2.45, 2.75) is 13.2 Å². The smallest absolute Gasteiger partial charge is 0.227 e. The topological polar surface area (TPSA) is 33.8 Å². The zero-order chi connectivity index (χ0) is 46.4. The number of alkyl halides is 1. The molecule has 0 bridgehead atoms. The molecule has 326 valence electrons. The van der Waals surface area contributed by atoms with E-state index < -0.39 is 151 Å². The molecule has 62 heavy (non-hydrogen) atoms. The van der Waals surface area contributed by atoms with E-state index in [-0.39, 0.29) is 12.3 Å². The molecule has 0 radical (unpaired) electrons. The summed E-state index contributed by atoms with van der Waals surface area (Å²) in [6.07, 6.45) is -2.53. The Balaban J connectivity index is 0.000000355. The van der Waals surface area contributed by atoms with Crippen LogP contribution >= 0.6 is 0 Å². The Labute approximate surface area is 330 Å². The molecule has 0 fully saturated rings. The normalized spacial score (nSPS) is 11.5. The third-order valence-electron chi connectivity index (χ3n) is 9.08. The fraction of sp³-hybridized carbons (Fsp3) is 0.0541. The van der Waals surface area contributed by atoms with Crippen molar-refractivity contribution in [3.63, 3.8) is 0 Å². The third kappa shape index (κ3) is 7.35. The molecule has 0 aliphatic carbocycles. The lowest BCUT2D eigenvalue weighted by molar-refractivity contribution is -0.684. The number of rotatable bonds is 8. The molecule has 0 saturated carbocycles. The molecular weight excluding hydrogens is 898 g/mol. The highest BCUT2D eigenvalue weighted by Gasteiger charge is 2.52. The van der Waals surface area contributed by atoms with Gasteiger partial charge in [-0.3, -0.25) is 4.79 Å². The SMILES string of the molecule is Fc1c(F)c(F)c([B-](c2c(F)c(F)c(F)c(F)c2F)(c2c(F)c(F)c(F)c(F)c2F)c2c(F)c(F)c(F)c(F)c2F)c(F)c1F.O=C(C[n+]1ccnc(CF)c1)c1ccccc1. The summed E-state index contributed by atoms with van der Waals surface area (Å²) in [4.78, 5) is 15.7. The molecule has 0 spiro atoms. The van der Waals surface area contributed by atoms with E-state index in [1.165, 1.54) is 6.20 Å². The average molecular weight is 910 g/mol. The fourth-order valence-corrected chi connectivity index (χ4v) is 6.41. The van der Waals surface area contributed by atoms with Crippen LogP contribution in [0.5, 0.6) is 0 Å². The van der Waals surface area contributed by atoms with Gasteiger partial charge in [0.25, 0.3) is 0 Å². The van der Waals surface area contributed by atoms with Crippen LogP contribution in [-0.2, 0) is 13.2 Å². The summed E-state index contributed by atoms with van der Waals surface area (Å²) >= 11 is 0. The molecule has 0 N–H and O–H groups in total. The van der Waals surface area contributed by atoms with Gasteiger partial charge in [-0.25, -0.2) is 97.2 Å². The minimum atomic E-state index is -7.22. The fourth-order valence-electron chi connectivity index (χ4n) is 6.41. The molecule has 0 amide bonds. The van der Waals surface area contributed by atoms with Crippen LogP contribution in [0.3, 0.4) is 0 Å². The third-order valence-corrected chi connectivity index (χ3v) is 9.08. The molecule has 0 saturated heterocycles. The van der Waals surface area contributed by atoms with Crippen molar-refractivity contribution in [1.82, 2.24) is 4.98 Å². The highest BCUT2D eigenvalue weighted by Crippen LogP contribution is 2.30. The van der Waals surface area contributed by atoms with Gasteiger partial charge < -0.3 is 0 Å². The van der Waals surface area contributed by atoms with Crippen LogP contribution in [0.25, 0.3) is 0 Å². The van der Waals surface area contributed by atoms with E-state index in [9.17, 15) is 61.9 Å². The zero-order valence-electron chi connectivity index (χ0n) is 29.4. The van der Waals surface area contributed by atoms with Crippen molar-refractivity contribution >= 4 is 33.8 Å². The standard InChI is InChI=1S/C24BF20.C13H12FN2O/c26-5-1(6(27)14(35)21(42)13(5)34)25(2-7(28)15(36)22(43)16(37)8(2)29,3-9(30)17(38)23(44)18(39)10(3)31)4-11(32)19(40)24(45)20(41)12(4)33;14-8-12-9-16(7-6-15-12)10-13(17)11-4-2-1-3-5-11/h;1-7,9H,8,10H2/q-1;+1. The van der Waals surface area contributed by atoms with Crippen LogP contribution in [0, 0.1) is 116 Å². The minimum absolute atomic E-state index is 0.00777. The molecule has 0 atom stereocenters. The first-order chi connectivity index (χ1) is 29.0. The molecule has 25 heteroatoms. The maximum atomic E-state index is 15.4. The van der Waals surface area contributed by atoms with Crippen LogP contribution in [0.1, 0.15) is 16.1 Å². The summed E-state index contributed by atoms with van der Waals surface area (Å²) in [5.41, 5.74) is -13.4. The van der Waals surface area contributed by atoms with E-state index >= 15 is 35.1 Å². The van der Waals surface area contributed by atoms with Crippen LogP contribution in [0.2, 0.25) is 0 Å². The number of hydrogen-bond acceptors (Lipinski definition) is 2. The Morgan fingerprint density at radius 2 is 0.710 bits per heavy atom. The predicted molar refractivity (Wildman–Crippen MR) is 169 cm³/mol. The molecule has 5 aromatic carbocycles. The van der Waals surface area contributed by atoms with Gasteiger partial charge in [0.2, 0.25) is 12.3 Å². The van der Waals surface area contributed by atoms with Gasteiger partial charge in [-0.1, -0.05) is 30.3 Å². The lowest BCUT2D eigenvalue weighted by Crippen LogP contribution is -2.81. The maximum absolute atomic E-state index is 15.4. The number of aromatic nitrogens is 2. The highest BCUT2D eigenvalue weighted by molar-refractivity contribution is 7.20. The Kier molecular flexibility index (Phi) is 13.1. The highest BCUT2D eigenvalue weighted by atomic mass is 19.2. The number of carbonyl (C=O) groups is 1. The lowest BCUT2D eigenvalue weighted by atomic mass is 9.12. The van der Waals surface area contributed by atoms with E-state index in [4.69, 9.17) is 0 Å². The number of halogens is 21. The summed E-state index contributed by atoms with van der Waals surface area (Å²) in [5, 5.41) is 0. The Morgan fingerprint density at radius 1 is 0.435 bits per heavy atom. The van der Waals surface area contributed by atoms with E-state index in [1.807, 2.05) is 18.2 Å². The van der Waals surface area contributed by atoms with Gasteiger partial charge in [0.15, 0.2) is 82.2 Å². The largest absolute Gasteiger partial charge is 0.287 e. The number of benzene rings is 5. The summed E-state index contributed by atoms with van der Waals surface area (Å²) < 4.78 is 308. The molecular formula is C37H12BF21N2O. The van der Waals surface area contributed by atoms with Crippen LogP contribution in [0.4, 0.5) is 92.2 Å². The van der Waals surface area contributed by atoms with Crippen LogP contribution in [-0.4, -0.2) is 16.9 Å². The van der Waals surface area contributed by atoms with Gasteiger partial charge in [0, 0.05) is 5.56 Å². The van der Waals surface area contributed by atoms with E-state index in [2.05, 4.69) is 4.98 Å². The van der Waals surface area contributed by atoms with Gasteiger partial charge in [0.1, 0.15) is 65.1 Å². The van der Waals surface area contributed by atoms with E-state index in [0.29, 0.717) is 11.3 Å². The number of Topliss-reactive ketones (excluding diaryl/α,β-unsaturated/α-hetero) is 1. The van der Waals surface area contributed by atoms with Crippen molar-refractivity contribution in [1.29, 1.82) is 0 Å². The summed E-state index contributed by atoms with van der Waals surface area (Å²) in [6, 6.07) is 9.02. The van der Waals surface area contributed by atoms with E-state index in [0.717, 1.165) is 0 Å². The molecule has 1 aromatic heterocycles. The number of hydrogen-bond donors (Lipinski definition) is 0. The van der Waals surface area contributed by atoms with Gasteiger partial charge in [-0.05, 0) is 0 Å². The Bertz CT molecular complexity index is 2410. The van der Waals surface area contributed by atoms with Gasteiger partial charge in [-0.2, -0.15) is 4.57 Å². The second-order valence-corrected chi connectivity index (χ2v) is 12.4. The number of carbonyl (C=O) groups excluding carboxylic acids is 1. The molecule has 6 rings (SSSR count). The zero-order valence-corrected chi connectivity index (χ0v) is 29.4. The Hall–Kier alpha value is -6.56. The van der Waals surface area contributed by atoms with Gasteiger partial charge >= 0.3 is 0 Å². The van der Waals surface area contributed by atoms with Crippen molar-refractivity contribution in [2.24, 2.45) is 0 Å². The minimum Gasteiger partial charge on any atom is -0.287 e. The molecule has 0 unspecified atom stereocenters. The van der Waals surface area contributed by atoms with Gasteiger partial charge in [-0.15, -0.1) is 21.9 Å². The van der Waals surface area contributed by atoms with Crippen molar-refractivity contribution < 1.29 is 102 Å². The summed E-state index contributed by atoms with van der Waals surface area (Å²) in [7, 11) is 0. The van der Waals surface area contributed by atoms with Crippen LogP contribution < -0.4 is 26.4 Å². The first kappa shape index (κ1) is 46.5. The Morgan fingerprint density at radius 3 is 0.984 bits per heavy atom. The first-order valence-corrected chi connectivity index (χ1v) is 16.2. The van der Waals surface area contributed by atoms with E-state index in [1.54, 1.807) is 29.1 Å². The maximum Gasteiger partial charge on any atom is 0.227 e. The number of ketones is 1. The quantitative estimate of drug-likeness (QED) is 0.0395. The second-order valence-electron chi connectivity index (χ2n) is 12.4. The molecule has 0 aliphatic rings. The van der Waals surface area contributed by atoms with Crippen molar-refractivity contribution in [2.75, 3.05) is 0 Å². The average Bonchev–Trinajstić information content (AvgIpc) is 3.26. The first-order valence-electron chi connectivity index (χ1n) is 16.2. The summed E-state index contributed by atoms with van der Waals surface area (Å²) in [6.45, 7) is -0.431. The second kappa shape index (κ2) is 17.4. The van der Waals surface area contributed by atoms with Crippen molar-refractivity contribution in [3.05, 3.63) is 177 Å². The van der Waals surface area contributed by atoms with Crippen LogP contribution in [0.15, 0.2) is 48.9 Å². The lowest BCUT2D eigenvalue weighted by Gasteiger charge is -2.44. The molecule has 0 aliphatic heterocycles.